The Kier molecular flexibility index (Phi) is 3.46. The molecule has 0 aliphatic carbocycles. The lowest BCUT2D eigenvalue weighted by Crippen LogP contribution is -2.54. The summed E-state index contributed by atoms with van der Waals surface area (Å²) in [6.07, 6.45) is 0.334. The summed E-state index contributed by atoms with van der Waals surface area (Å²) in [7, 11) is 1.39. The molecular weight excluding hydrogens is 166 g/mol. The van der Waals surface area contributed by atoms with Crippen LogP contribution in [0.1, 0.15) is 18.0 Å². The topological polar surface area (TPSA) is 53.9 Å². The highest BCUT2D eigenvalue weighted by molar-refractivity contribution is 5.69. The average Bonchev–Trinajstić information content (AvgIpc) is 2.19. The molecule has 0 aliphatic heterocycles. The summed E-state index contributed by atoms with van der Waals surface area (Å²) in [5, 5.41) is 0. The Bertz CT molecular complexity index is 272. The molecule has 0 aromatic heterocycles. The Hall–Kier alpha value is -1.35. The Morgan fingerprint density at radius 1 is 1.46 bits per heavy atom. The van der Waals surface area contributed by atoms with Gasteiger partial charge in [-0.2, -0.15) is 0 Å². The number of ether oxygens (including phenoxy) is 1. The van der Waals surface area contributed by atoms with Crippen LogP contribution in [0.25, 0.3) is 0 Å². The number of carbonyl (C=O) groups excluding carboxylic acids is 1. The lowest BCUT2D eigenvalue weighted by Gasteiger charge is -2.06. The van der Waals surface area contributed by atoms with Crippen molar-refractivity contribution in [2.75, 3.05) is 7.11 Å². The summed E-state index contributed by atoms with van der Waals surface area (Å²) in [4.78, 5) is 10.9. The molecule has 0 radical (unpaired) electrons. The largest absolute Gasteiger partial charge is 0.469 e. The van der Waals surface area contributed by atoms with Crippen LogP contribution >= 0.6 is 0 Å². The minimum atomic E-state index is -0.219. The fraction of sp³-hybridized carbons (Fsp3) is 0.300. The van der Waals surface area contributed by atoms with Crippen molar-refractivity contribution < 1.29 is 15.3 Å². The molecule has 0 heterocycles. The maximum atomic E-state index is 10.9. The molecule has 0 fully saturated rings. The third-order valence-electron chi connectivity index (χ3n) is 1.91. The Morgan fingerprint density at radius 3 is 2.62 bits per heavy atom. The molecular formula is C10H14NO2+. The van der Waals surface area contributed by atoms with E-state index in [1.54, 1.807) is 0 Å². The number of quaternary nitrogens is 1. The second kappa shape index (κ2) is 4.62. The molecule has 3 nitrogen and oxygen atoms in total. The molecule has 1 atom stereocenters. The van der Waals surface area contributed by atoms with Crippen molar-refractivity contribution in [1.29, 1.82) is 0 Å². The number of methoxy groups -OCH3 is 1. The Labute approximate surface area is 77.5 Å². The second-order valence-electron chi connectivity index (χ2n) is 2.89. The first-order chi connectivity index (χ1) is 6.24. The van der Waals surface area contributed by atoms with Crippen LogP contribution in [0.2, 0.25) is 0 Å². The van der Waals surface area contributed by atoms with E-state index in [1.165, 1.54) is 7.11 Å². The number of hydrogen-bond acceptors (Lipinski definition) is 2. The monoisotopic (exact) mass is 180 g/mol. The fourth-order valence-corrected chi connectivity index (χ4v) is 1.13. The predicted molar refractivity (Wildman–Crippen MR) is 48.7 cm³/mol. The molecule has 3 N–H and O–H groups in total. The van der Waals surface area contributed by atoms with E-state index >= 15 is 0 Å². The van der Waals surface area contributed by atoms with Gasteiger partial charge in [-0.05, 0) is 0 Å². The zero-order chi connectivity index (χ0) is 9.68. The first kappa shape index (κ1) is 9.74. The summed E-state index contributed by atoms with van der Waals surface area (Å²) < 4.78 is 4.56. The van der Waals surface area contributed by atoms with Crippen molar-refractivity contribution in [2.24, 2.45) is 0 Å². The molecule has 0 aliphatic rings. The van der Waals surface area contributed by atoms with Crippen LogP contribution in [0.15, 0.2) is 30.3 Å². The second-order valence-corrected chi connectivity index (χ2v) is 2.89. The number of hydrogen-bond donors (Lipinski definition) is 1. The van der Waals surface area contributed by atoms with Crippen LogP contribution in [0, 0.1) is 0 Å². The van der Waals surface area contributed by atoms with Crippen molar-refractivity contribution in [1.82, 2.24) is 0 Å². The molecule has 70 valence electrons. The number of benzene rings is 1. The van der Waals surface area contributed by atoms with Gasteiger partial charge in [-0.25, -0.2) is 0 Å². The average molecular weight is 180 g/mol. The summed E-state index contributed by atoms with van der Waals surface area (Å²) in [6.45, 7) is 0. The van der Waals surface area contributed by atoms with E-state index < -0.39 is 0 Å². The van der Waals surface area contributed by atoms with Crippen LogP contribution in [0.5, 0.6) is 0 Å². The highest BCUT2D eigenvalue weighted by Crippen LogP contribution is 2.11. The number of esters is 1. The van der Waals surface area contributed by atoms with Crippen LogP contribution in [0.3, 0.4) is 0 Å². The molecule has 0 saturated heterocycles. The van der Waals surface area contributed by atoms with Crippen molar-refractivity contribution in [3.63, 3.8) is 0 Å². The molecule has 0 amide bonds. The minimum absolute atomic E-state index is 0.0198. The van der Waals surface area contributed by atoms with Gasteiger partial charge in [0.1, 0.15) is 12.5 Å². The smallest absolute Gasteiger partial charge is 0.311 e. The van der Waals surface area contributed by atoms with Gasteiger partial charge in [0.2, 0.25) is 0 Å². The number of rotatable bonds is 3. The van der Waals surface area contributed by atoms with Crippen molar-refractivity contribution in [2.45, 2.75) is 12.5 Å². The van der Waals surface area contributed by atoms with Crippen molar-refractivity contribution >= 4 is 5.97 Å². The minimum Gasteiger partial charge on any atom is -0.469 e. The van der Waals surface area contributed by atoms with Gasteiger partial charge in [-0.1, -0.05) is 30.3 Å². The van der Waals surface area contributed by atoms with Crippen LogP contribution in [-0.2, 0) is 9.53 Å². The van der Waals surface area contributed by atoms with Crippen molar-refractivity contribution in [3.05, 3.63) is 35.9 Å². The predicted octanol–water partition coefficient (Wildman–Crippen LogP) is 0.533. The van der Waals surface area contributed by atoms with Crippen LogP contribution in [-0.4, -0.2) is 13.1 Å². The molecule has 13 heavy (non-hydrogen) atoms. The molecule has 3 heteroatoms. The van der Waals surface area contributed by atoms with Gasteiger partial charge in [0.05, 0.1) is 7.11 Å². The quantitative estimate of drug-likeness (QED) is 0.690. The highest BCUT2D eigenvalue weighted by atomic mass is 16.5. The maximum Gasteiger partial charge on any atom is 0.311 e. The van der Waals surface area contributed by atoms with Gasteiger partial charge in [-0.3, -0.25) is 4.79 Å². The molecule has 1 rings (SSSR count). The molecule has 0 bridgehead atoms. The van der Waals surface area contributed by atoms with Gasteiger partial charge < -0.3 is 10.5 Å². The van der Waals surface area contributed by atoms with Gasteiger partial charge in [0.15, 0.2) is 0 Å². The molecule has 0 saturated carbocycles. The van der Waals surface area contributed by atoms with E-state index in [1.807, 2.05) is 30.3 Å². The molecule has 1 aromatic carbocycles. The van der Waals surface area contributed by atoms with E-state index in [2.05, 4.69) is 10.5 Å². The van der Waals surface area contributed by atoms with E-state index in [0.29, 0.717) is 6.42 Å². The summed E-state index contributed by atoms with van der Waals surface area (Å²) >= 11 is 0. The third kappa shape index (κ3) is 2.87. The zero-order valence-electron chi connectivity index (χ0n) is 7.69. The lowest BCUT2D eigenvalue weighted by molar-refractivity contribution is -0.425. The van der Waals surface area contributed by atoms with Crippen LogP contribution in [0.4, 0.5) is 0 Å². The summed E-state index contributed by atoms with van der Waals surface area (Å²) in [5.41, 5.74) is 4.96. The Morgan fingerprint density at radius 2 is 2.08 bits per heavy atom. The number of carbonyl (C=O) groups is 1. The first-order valence-corrected chi connectivity index (χ1v) is 4.19. The molecule has 1 aromatic rings. The Balaban J connectivity index is 2.59. The molecule has 0 spiro atoms. The SMILES string of the molecule is COC(=O)C[C@H]([NH3+])c1ccccc1. The van der Waals surface area contributed by atoms with Gasteiger partial charge in [-0.15, -0.1) is 0 Å². The van der Waals surface area contributed by atoms with Crippen LogP contribution < -0.4 is 5.73 Å². The van der Waals surface area contributed by atoms with Gasteiger partial charge in [0, 0.05) is 5.56 Å². The van der Waals surface area contributed by atoms with E-state index in [-0.39, 0.29) is 12.0 Å². The van der Waals surface area contributed by atoms with E-state index in [4.69, 9.17) is 0 Å². The first-order valence-electron chi connectivity index (χ1n) is 4.19. The normalized spacial score (nSPS) is 12.2. The fourth-order valence-electron chi connectivity index (χ4n) is 1.13. The maximum absolute atomic E-state index is 10.9. The van der Waals surface area contributed by atoms with E-state index in [0.717, 1.165) is 5.56 Å². The zero-order valence-corrected chi connectivity index (χ0v) is 7.69. The summed E-state index contributed by atoms with van der Waals surface area (Å²) in [6, 6.07) is 9.71. The molecule has 0 unspecified atom stereocenters. The summed E-state index contributed by atoms with van der Waals surface area (Å²) in [5.74, 6) is -0.219. The lowest BCUT2D eigenvalue weighted by atomic mass is 10.1. The third-order valence-corrected chi connectivity index (χ3v) is 1.91. The van der Waals surface area contributed by atoms with Gasteiger partial charge in [0.25, 0.3) is 0 Å². The van der Waals surface area contributed by atoms with E-state index in [9.17, 15) is 4.79 Å². The van der Waals surface area contributed by atoms with Crippen molar-refractivity contribution in [3.8, 4) is 0 Å². The highest BCUT2D eigenvalue weighted by Gasteiger charge is 2.14. The standard InChI is InChI=1S/C10H13NO2/c1-13-10(12)7-9(11)8-5-3-2-4-6-8/h2-6,9H,7,11H2,1H3/p+1/t9-/m0/s1. The van der Waals surface area contributed by atoms with Gasteiger partial charge >= 0.3 is 5.97 Å².